The Labute approximate surface area is 117 Å². The number of anilines is 1. The van der Waals surface area contributed by atoms with E-state index >= 15 is 0 Å². The molecule has 8 nitrogen and oxygen atoms in total. The number of para-hydroxylation sites is 1. The van der Waals surface area contributed by atoms with E-state index in [0.29, 0.717) is 0 Å². The summed E-state index contributed by atoms with van der Waals surface area (Å²) >= 11 is 0. The minimum Gasteiger partial charge on any atom is -0.388 e. The predicted octanol–water partition coefficient (Wildman–Crippen LogP) is 2.43. The molecule has 0 spiro atoms. The minimum atomic E-state index is -0.762. The van der Waals surface area contributed by atoms with Gasteiger partial charge < -0.3 is 10.6 Å². The van der Waals surface area contributed by atoms with Gasteiger partial charge in [0.25, 0.3) is 11.4 Å². The van der Waals surface area contributed by atoms with Crippen LogP contribution in [0.4, 0.5) is 17.1 Å². The predicted molar refractivity (Wildman–Crippen MR) is 77.6 cm³/mol. The summed E-state index contributed by atoms with van der Waals surface area (Å²) in [6, 6.07) is 3.44. The molecule has 2 N–H and O–H groups in total. The van der Waals surface area contributed by atoms with E-state index in [1.165, 1.54) is 25.7 Å². The molecule has 1 aromatic carbocycles. The Kier molecular flexibility index (Phi) is 7.83. The van der Waals surface area contributed by atoms with Crippen molar-refractivity contribution in [2.45, 2.75) is 20.8 Å². The molecule has 0 unspecified atom stereocenters. The van der Waals surface area contributed by atoms with Crippen molar-refractivity contribution < 1.29 is 9.85 Å². The number of nitrogens with zero attached hydrogens (tertiary/aromatic N) is 3. The Morgan fingerprint density at radius 1 is 1.00 bits per heavy atom. The fourth-order valence-electron chi connectivity index (χ4n) is 1.53. The quantitative estimate of drug-likeness (QED) is 0.504. The highest BCUT2D eigenvalue weighted by Crippen LogP contribution is 2.29. The Morgan fingerprint density at radius 3 is 1.55 bits per heavy atom. The van der Waals surface area contributed by atoms with Crippen LogP contribution in [0.5, 0.6) is 0 Å². The number of rotatable bonds is 5. The van der Waals surface area contributed by atoms with Gasteiger partial charge in [0.15, 0.2) is 5.69 Å². The zero-order valence-electron chi connectivity index (χ0n) is 11.9. The zero-order chi connectivity index (χ0) is 15.7. The molecule has 0 radical (unpaired) electrons. The fraction of sp³-hybridized carbons (Fsp3) is 0.500. The van der Waals surface area contributed by atoms with Gasteiger partial charge in [0.05, 0.1) is 9.85 Å². The van der Waals surface area contributed by atoms with E-state index in [9.17, 15) is 20.2 Å². The molecule has 0 aliphatic carbocycles. The molecule has 0 aliphatic heterocycles. The summed E-state index contributed by atoms with van der Waals surface area (Å²) in [5, 5.41) is 20.6. The third kappa shape index (κ3) is 5.19. The van der Waals surface area contributed by atoms with Crippen LogP contribution in [0.2, 0.25) is 0 Å². The number of nitro benzene ring substituents is 2. The summed E-state index contributed by atoms with van der Waals surface area (Å²) in [6.45, 7) is 10.1. The highest BCUT2D eigenvalue weighted by molar-refractivity contribution is 5.70. The molecule has 1 rings (SSSR count). The van der Waals surface area contributed by atoms with Gasteiger partial charge in [-0.2, -0.15) is 0 Å². The number of nitrogens with two attached hydrogens (primary N) is 1. The number of nitro groups is 2. The lowest BCUT2D eigenvalue weighted by atomic mass is 10.2. The van der Waals surface area contributed by atoms with Crippen molar-refractivity contribution in [2.24, 2.45) is 0 Å². The molecule has 1 aromatic rings. The first-order valence-corrected chi connectivity index (χ1v) is 6.28. The number of nitrogen functional groups attached to an aromatic ring is 1. The van der Waals surface area contributed by atoms with E-state index in [0.717, 1.165) is 12.1 Å². The van der Waals surface area contributed by atoms with Crippen molar-refractivity contribution in [3.63, 3.8) is 0 Å². The molecule has 0 atom stereocenters. The Hall–Kier alpha value is -2.22. The largest absolute Gasteiger partial charge is 0.388 e. The van der Waals surface area contributed by atoms with Crippen LogP contribution < -0.4 is 5.73 Å². The number of benzene rings is 1. The SMILES string of the molecule is CCN(CC)CC.Nc1c([N+](=O)[O-])cccc1[N+](=O)[O-]. The minimum absolute atomic E-state index is 0.419. The molecule has 0 aliphatic rings. The number of hydrogen-bond donors (Lipinski definition) is 1. The van der Waals surface area contributed by atoms with Gasteiger partial charge in [0.1, 0.15) is 0 Å². The fourth-order valence-corrected chi connectivity index (χ4v) is 1.53. The normalized spacial score (nSPS) is 9.80. The topological polar surface area (TPSA) is 116 Å². The monoisotopic (exact) mass is 284 g/mol. The van der Waals surface area contributed by atoms with Crippen molar-refractivity contribution in [1.82, 2.24) is 4.90 Å². The van der Waals surface area contributed by atoms with E-state index in [2.05, 4.69) is 25.7 Å². The maximum Gasteiger partial charge on any atom is 0.299 e. The second-order valence-corrected chi connectivity index (χ2v) is 3.84. The second-order valence-electron chi connectivity index (χ2n) is 3.84. The van der Waals surface area contributed by atoms with Crippen molar-refractivity contribution >= 4 is 17.1 Å². The second kappa shape index (κ2) is 8.81. The van der Waals surface area contributed by atoms with Crippen LogP contribution in [0.1, 0.15) is 20.8 Å². The van der Waals surface area contributed by atoms with Gasteiger partial charge in [0.2, 0.25) is 0 Å². The molecule has 0 bridgehead atoms. The van der Waals surface area contributed by atoms with Crippen LogP contribution in [0.3, 0.4) is 0 Å². The molecule has 20 heavy (non-hydrogen) atoms. The van der Waals surface area contributed by atoms with E-state index in [1.54, 1.807) is 0 Å². The molecule has 0 saturated carbocycles. The van der Waals surface area contributed by atoms with Crippen LogP contribution in [0.25, 0.3) is 0 Å². The lowest BCUT2D eigenvalue weighted by Gasteiger charge is -2.13. The molecule has 0 amide bonds. The molecule has 0 fully saturated rings. The third-order valence-electron chi connectivity index (χ3n) is 2.80. The van der Waals surface area contributed by atoms with E-state index in [-0.39, 0.29) is 0 Å². The van der Waals surface area contributed by atoms with Gasteiger partial charge in [-0.15, -0.1) is 0 Å². The van der Waals surface area contributed by atoms with Crippen LogP contribution >= 0.6 is 0 Å². The van der Waals surface area contributed by atoms with Crippen molar-refractivity contribution in [3.8, 4) is 0 Å². The first-order valence-electron chi connectivity index (χ1n) is 6.28. The van der Waals surface area contributed by atoms with E-state index in [4.69, 9.17) is 5.73 Å². The summed E-state index contributed by atoms with van der Waals surface area (Å²) < 4.78 is 0. The third-order valence-corrected chi connectivity index (χ3v) is 2.80. The van der Waals surface area contributed by atoms with E-state index in [1.807, 2.05) is 0 Å². The first kappa shape index (κ1) is 17.8. The summed E-state index contributed by atoms with van der Waals surface area (Å²) in [7, 11) is 0. The first-order chi connectivity index (χ1) is 9.38. The van der Waals surface area contributed by atoms with Crippen LogP contribution in [-0.4, -0.2) is 34.4 Å². The number of hydrogen-bond acceptors (Lipinski definition) is 6. The van der Waals surface area contributed by atoms with Crippen LogP contribution in [-0.2, 0) is 0 Å². The Morgan fingerprint density at radius 2 is 1.35 bits per heavy atom. The zero-order valence-corrected chi connectivity index (χ0v) is 11.9. The van der Waals surface area contributed by atoms with Crippen molar-refractivity contribution in [3.05, 3.63) is 38.4 Å². The molecular formula is C12H20N4O4. The Balaban J connectivity index is 0.000000441. The standard InChI is InChI=1S/C6H5N3O4.C6H15N/c7-6-4(8(10)11)2-1-3-5(6)9(12)13;1-4-7(5-2)6-3/h1-3H,7H2;4-6H2,1-3H3. The van der Waals surface area contributed by atoms with Gasteiger partial charge in [-0.05, 0) is 25.7 Å². The maximum atomic E-state index is 10.3. The molecule has 8 heteroatoms. The molecule has 0 saturated heterocycles. The van der Waals surface area contributed by atoms with Crippen molar-refractivity contribution in [2.75, 3.05) is 25.4 Å². The summed E-state index contributed by atoms with van der Waals surface area (Å²) in [5.74, 6) is 0. The highest BCUT2D eigenvalue weighted by Gasteiger charge is 2.20. The van der Waals surface area contributed by atoms with Gasteiger partial charge in [0, 0.05) is 12.1 Å². The van der Waals surface area contributed by atoms with Crippen LogP contribution in [0.15, 0.2) is 18.2 Å². The average molecular weight is 284 g/mol. The molecule has 0 heterocycles. The Bertz CT molecular complexity index is 423. The van der Waals surface area contributed by atoms with Gasteiger partial charge in [-0.3, -0.25) is 20.2 Å². The maximum absolute atomic E-state index is 10.3. The highest BCUT2D eigenvalue weighted by atomic mass is 16.6. The van der Waals surface area contributed by atoms with Gasteiger partial charge in [-0.1, -0.05) is 20.8 Å². The summed E-state index contributed by atoms with van der Waals surface area (Å²) in [4.78, 5) is 21.5. The average Bonchev–Trinajstić information content (AvgIpc) is 2.41. The lowest BCUT2D eigenvalue weighted by Crippen LogP contribution is -2.21. The molecular weight excluding hydrogens is 264 g/mol. The lowest BCUT2D eigenvalue weighted by molar-refractivity contribution is -0.392. The van der Waals surface area contributed by atoms with Gasteiger partial charge in [-0.25, -0.2) is 0 Å². The smallest absolute Gasteiger partial charge is 0.299 e. The van der Waals surface area contributed by atoms with Crippen LogP contribution in [0, 0.1) is 20.2 Å². The molecule has 0 aromatic heterocycles. The summed E-state index contributed by atoms with van der Waals surface area (Å²) in [6.07, 6.45) is 0. The van der Waals surface area contributed by atoms with Crippen molar-refractivity contribution in [1.29, 1.82) is 0 Å². The van der Waals surface area contributed by atoms with Gasteiger partial charge >= 0.3 is 0 Å². The molecule has 112 valence electrons. The summed E-state index contributed by atoms with van der Waals surface area (Å²) in [5.41, 5.74) is 3.88. The van der Waals surface area contributed by atoms with E-state index < -0.39 is 26.9 Å².